The average molecular weight is 315 g/mol. The Balaban J connectivity index is 1.56. The van der Waals surface area contributed by atoms with Gasteiger partial charge in [0.15, 0.2) is 11.5 Å². The maximum absolute atomic E-state index is 10.3. The van der Waals surface area contributed by atoms with E-state index in [1.54, 1.807) is 7.11 Å². The summed E-state index contributed by atoms with van der Waals surface area (Å²) < 4.78 is 11.7. The number of methoxy groups -OCH3 is 1. The molecule has 2 bridgehead atoms. The highest BCUT2D eigenvalue weighted by molar-refractivity contribution is 5.59. The molecule has 1 spiro atoms. The van der Waals surface area contributed by atoms with Crippen LogP contribution >= 0.6 is 0 Å². The van der Waals surface area contributed by atoms with Gasteiger partial charge in [0.2, 0.25) is 0 Å². The standard InChI is InChI=1S/C19H25NO3/c1-22-11-16-19-6-7-20(10-12-2-3-12)14(9-19)8-13-4-5-15(21)18(23-16)17(13)19/h4-5,12,14,16,21H,2-3,6-11H2,1H3/t14-,16-,19+/m0/s1. The molecule has 4 heteroatoms. The van der Waals surface area contributed by atoms with Crippen molar-refractivity contribution >= 4 is 0 Å². The van der Waals surface area contributed by atoms with Crippen molar-refractivity contribution in [3.63, 3.8) is 0 Å². The predicted octanol–water partition coefficient (Wildman–Crippen LogP) is 2.47. The molecule has 2 fully saturated rings. The second kappa shape index (κ2) is 4.87. The molecular formula is C19H25NO3. The van der Waals surface area contributed by atoms with Crippen LogP contribution in [0.4, 0.5) is 0 Å². The van der Waals surface area contributed by atoms with E-state index in [4.69, 9.17) is 9.47 Å². The zero-order valence-corrected chi connectivity index (χ0v) is 13.8. The van der Waals surface area contributed by atoms with Crippen molar-refractivity contribution < 1.29 is 14.6 Å². The van der Waals surface area contributed by atoms with Crippen molar-refractivity contribution in [3.05, 3.63) is 23.3 Å². The minimum Gasteiger partial charge on any atom is -0.504 e. The summed E-state index contributed by atoms with van der Waals surface area (Å²) in [6.45, 7) is 3.03. The lowest BCUT2D eigenvalue weighted by Crippen LogP contribution is -2.57. The molecule has 2 heterocycles. The van der Waals surface area contributed by atoms with Crippen LogP contribution in [0.3, 0.4) is 0 Å². The molecule has 3 atom stereocenters. The Morgan fingerprint density at radius 1 is 1.39 bits per heavy atom. The van der Waals surface area contributed by atoms with Crippen LogP contribution in [0, 0.1) is 5.92 Å². The fourth-order valence-electron chi connectivity index (χ4n) is 5.23. The molecule has 1 N–H and O–H groups in total. The van der Waals surface area contributed by atoms with E-state index in [1.165, 1.54) is 30.5 Å². The summed E-state index contributed by atoms with van der Waals surface area (Å²) in [4.78, 5) is 2.72. The Morgan fingerprint density at radius 2 is 2.26 bits per heavy atom. The summed E-state index contributed by atoms with van der Waals surface area (Å²) in [5.41, 5.74) is 2.72. The van der Waals surface area contributed by atoms with E-state index >= 15 is 0 Å². The van der Waals surface area contributed by atoms with Crippen molar-refractivity contribution in [2.75, 3.05) is 26.8 Å². The summed E-state index contributed by atoms with van der Waals surface area (Å²) >= 11 is 0. The maximum Gasteiger partial charge on any atom is 0.165 e. The van der Waals surface area contributed by atoms with Crippen molar-refractivity contribution in [1.82, 2.24) is 4.90 Å². The van der Waals surface area contributed by atoms with E-state index in [9.17, 15) is 5.11 Å². The minimum absolute atomic E-state index is 0.0421. The van der Waals surface area contributed by atoms with Crippen LogP contribution in [0.2, 0.25) is 0 Å². The smallest absolute Gasteiger partial charge is 0.165 e. The molecule has 0 unspecified atom stereocenters. The highest BCUT2D eigenvalue weighted by Gasteiger charge is 2.57. The first-order chi connectivity index (χ1) is 11.2. The van der Waals surface area contributed by atoms with E-state index < -0.39 is 0 Å². The number of phenols is 1. The summed E-state index contributed by atoms with van der Waals surface area (Å²) in [5.74, 6) is 1.97. The number of rotatable bonds is 4. The molecule has 23 heavy (non-hydrogen) atoms. The van der Waals surface area contributed by atoms with Crippen LogP contribution in [0.25, 0.3) is 0 Å². The van der Waals surface area contributed by atoms with Crippen LogP contribution in [0.1, 0.15) is 36.8 Å². The van der Waals surface area contributed by atoms with E-state index in [-0.39, 0.29) is 11.5 Å². The van der Waals surface area contributed by atoms with Crippen molar-refractivity contribution in [1.29, 1.82) is 0 Å². The number of phenolic OH excluding ortho intramolecular Hbond substituents is 1. The summed E-state index contributed by atoms with van der Waals surface area (Å²) in [7, 11) is 1.74. The highest BCUT2D eigenvalue weighted by atomic mass is 16.5. The quantitative estimate of drug-likeness (QED) is 0.927. The third kappa shape index (κ3) is 1.97. The molecule has 5 rings (SSSR count). The van der Waals surface area contributed by atoms with Crippen molar-refractivity contribution in [2.45, 2.75) is 49.7 Å². The summed E-state index contributed by atoms with van der Waals surface area (Å²) in [6.07, 6.45) is 6.24. The Labute approximate surface area is 137 Å². The van der Waals surface area contributed by atoms with E-state index in [0.717, 1.165) is 37.5 Å². The van der Waals surface area contributed by atoms with Gasteiger partial charge in [-0.1, -0.05) is 6.07 Å². The van der Waals surface area contributed by atoms with Gasteiger partial charge >= 0.3 is 0 Å². The second-order valence-electron chi connectivity index (χ2n) is 7.92. The van der Waals surface area contributed by atoms with Crippen LogP contribution in [-0.2, 0) is 16.6 Å². The third-order valence-corrected chi connectivity index (χ3v) is 6.52. The zero-order valence-electron chi connectivity index (χ0n) is 13.8. The molecule has 4 nitrogen and oxygen atoms in total. The van der Waals surface area contributed by atoms with Crippen LogP contribution in [-0.4, -0.2) is 49.0 Å². The maximum atomic E-state index is 10.3. The van der Waals surface area contributed by atoms with Gasteiger partial charge in [0.05, 0.1) is 6.61 Å². The molecule has 1 saturated heterocycles. The van der Waals surface area contributed by atoms with Gasteiger partial charge in [0, 0.05) is 30.7 Å². The van der Waals surface area contributed by atoms with Crippen molar-refractivity contribution in [2.24, 2.45) is 5.92 Å². The molecule has 124 valence electrons. The van der Waals surface area contributed by atoms with Gasteiger partial charge < -0.3 is 14.6 Å². The molecule has 4 aliphatic rings. The first-order valence-corrected chi connectivity index (χ1v) is 8.96. The number of likely N-dealkylation sites (tertiary alicyclic amines) is 1. The monoisotopic (exact) mass is 315 g/mol. The highest BCUT2D eigenvalue weighted by Crippen LogP contribution is 2.58. The molecule has 0 radical (unpaired) electrons. The van der Waals surface area contributed by atoms with E-state index in [1.807, 2.05) is 6.07 Å². The third-order valence-electron chi connectivity index (χ3n) is 6.52. The Kier molecular flexibility index (Phi) is 2.99. The molecule has 0 amide bonds. The molecule has 2 aliphatic carbocycles. The van der Waals surface area contributed by atoms with Crippen LogP contribution in [0.15, 0.2) is 12.1 Å². The Hall–Kier alpha value is -1.26. The number of benzene rings is 1. The van der Waals surface area contributed by atoms with Crippen LogP contribution < -0.4 is 4.74 Å². The topological polar surface area (TPSA) is 41.9 Å². The molecular weight excluding hydrogens is 290 g/mol. The first kappa shape index (κ1) is 14.1. The second-order valence-corrected chi connectivity index (χ2v) is 7.92. The molecule has 1 saturated carbocycles. The Morgan fingerprint density at radius 3 is 3.04 bits per heavy atom. The van der Waals surface area contributed by atoms with Crippen LogP contribution in [0.5, 0.6) is 11.5 Å². The number of nitrogens with zero attached hydrogens (tertiary/aromatic N) is 1. The van der Waals surface area contributed by atoms with Gasteiger partial charge in [-0.15, -0.1) is 0 Å². The number of aromatic hydroxyl groups is 1. The van der Waals surface area contributed by atoms with E-state index in [0.29, 0.717) is 18.4 Å². The number of piperidine rings is 1. The number of hydrogen-bond donors (Lipinski definition) is 1. The summed E-state index contributed by atoms with van der Waals surface area (Å²) in [6, 6.07) is 4.55. The first-order valence-electron chi connectivity index (χ1n) is 8.96. The lowest BCUT2D eigenvalue weighted by Gasteiger charge is -2.50. The Bertz CT molecular complexity index is 642. The number of hydrogen-bond acceptors (Lipinski definition) is 4. The fourth-order valence-corrected chi connectivity index (χ4v) is 5.23. The normalized spacial score (nSPS) is 35.0. The largest absolute Gasteiger partial charge is 0.504 e. The molecule has 2 aliphatic heterocycles. The lowest BCUT2D eigenvalue weighted by molar-refractivity contribution is -0.00531. The molecule has 1 aromatic carbocycles. The summed E-state index contributed by atoms with van der Waals surface area (Å²) in [5, 5.41) is 10.3. The molecule has 1 aromatic rings. The predicted molar refractivity (Wildman–Crippen MR) is 87.1 cm³/mol. The molecule has 0 aromatic heterocycles. The van der Waals surface area contributed by atoms with Gasteiger partial charge in [-0.25, -0.2) is 0 Å². The lowest BCUT2D eigenvalue weighted by atomic mass is 9.62. The van der Waals surface area contributed by atoms with Gasteiger partial charge in [0.1, 0.15) is 6.10 Å². The van der Waals surface area contributed by atoms with Gasteiger partial charge in [-0.3, -0.25) is 4.90 Å². The van der Waals surface area contributed by atoms with Gasteiger partial charge in [-0.2, -0.15) is 0 Å². The van der Waals surface area contributed by atoms with E-state index in [2.05, 4.69) is 11.0 Å². The SMILES string of the molecule is COC[C@@H]1Oc2c(O)ccc3c2[C@@]12CCN(CC1CC1)[C@@H](C3)C2. The fraction of sp³-hybridized carbons (Fsp3) is 0.684. The zero-order chi connectivity index (χ0) is 15.6. The number of ether oxygens (including phenoxy) is 2. The minimum atomic E-state index is 0.0421. The van der Waals surface area contributed by atoms with Gasteiger partial charge in [-0.05, 0) is 56.2 Å². The van der Waals surface area contributed by atoms with Crippen molar-refractivity contribution in [3.8, 4) is 11.5 Å². The van der Waals surface area contributed by atoms with Gasteiger partial charge in [0.25, 0.3) is 0 Å². The average Bonchev–Trinajstić information content (AvgIpc) is 3.31. The number of fused-ring (bicyclic) bond motifs is 1.